The number of para-hydroxylation sites is 1. The van der Waals surface area contributed by atoms with Crippen molar-refractivity contribution < 1.29 is 18.7 Å². The molecule has 2 amide bonds. The molecule has 7 heteroatoms. The average molecular weight is 349 g/mol. The van der Waals surface area contributed by atoms with Crippen molar-refractivity contribution in [3.63, 3.8) is 0 Å². The Bertz CT molecular complexity index is 626. The number of piperazine rings is 1. The van der Waals surface area contributed by atoms with E-state index in [9.17, 15) is 14.0 Å². The summed E-state index contributed by atoms with van der Waals surface area (Å²) in [4.78, 5) is 28.5. The smallest absolute Gasteiger partial charge is 0.251 e. The fraction of sp³-hybridized carbons (Fsp3) is 0.556. The summed E-state index contributed by atoms with van der Waals surface area (Å²) >= 11 is 0. The van der Waals surface area contributed by atoms with Crippen LogP contribution in [0.5, 0.6) is 0 Å². The van der Waals surface area contributed by atoms with Gasteiger partial charge in [-0.3, -0.25) is 14.5 Å². The zero-order chi connectivity index (χ0) is 17.8. The third-order valence-corrected chi connectivity index (χ3v) is 4.89. The fourth-order valence-corrected chi connectivity index (χ4v) is 3.27. The van der Waals surface area contributed by atoms with Crippen LogP contribution in [0.3, 0.4) is 0 Å². The minimum atomic E-state index is -0.449. The molecule has 1 N–H and O–H groups in total. The van der Waals surface area contributed by atoms with Crippen molar-refractivity contribution in [2.75, 3.05) is 38.1 Å². The normalized spacial score (nSPS) is 22.6. The molecule has 2 fully saturated rings. The lowest BCUT2D eigenvalue weighted by molar-refractivity contribution is -0.143. The summed E-state index contributed by atoms with van der Waals surface area (Å²) in [6.45, 7) is 4.85. The quantitative estimate of drug-likeness (QED) is 0.894. The fourth-order valence-electron chi connectivity index (χ4n) is 3.27. The highest BCUT2D eigenvalue weighted by molar-refractivity contribution is 5.94. The lowest BCUT2D eigenvalue weighted by Crippen LogP contribution is -2.55. The van der Waals surface area contributed by atoms with Gasteiger partial charge in [0.25, 0.3) is 5.91 Å². The summed E-state index contributed by atoms with van der Waals surface area (Å²) in [7, 11) is 0. The number of halogens is 1. The number of rotatable bonds is 4. The highest BCUT2D eigenvalue weighted by atomic mass is 19.1. The van der Waals surface area contributed by atoms with Crippen molar-refractivity contribution >= 4 is 17.5 Å². The molecule has 0 aromatic heterocycles. The van der Waals surface area contributed by atoms with Crippen molar-refractivity contribution in [2.24, 2.45) is 0 Å². The Balaban J connectivity index is 1.50. The van der Waals surface area contributed by atoms with E-state index in [4.69, 9.17) is 4.74 Å². The van der Waals surface area contributed by atoms with Crippen LogP contribution in [0, 0.1) is 5.82 Å². The molecule has 136 valence electrons. The van der Waals surface area contributed by atoms with Gasteiger partial charge in [-0.15, -0.1) is 0 Å². The lowest BCUT2D eigenvalue weighted by Gasteiger charge is -2.38. The molecule has 0 radical (unpaired) electrons. The minimum absolute atomic E-state index is 0.0561. The zero-order valence-electron chi connectivity index (χ0n) is 14.4. The van der Waals surface area contributed by atoms with E-state index in [1.54, 1.807) is 19.1 Å². The summed E-state index contributed by atoms with van der Waals surface area (Å²) in [5.41, 5.74) is 0.187. The Kier molecular flexibility index (Phi) is 5.65. The Morgan fingerprint density at radius 3 is 2.60 bits per heavy atom. The molecule has 1 aromatic carbocycles. The number of carbonyl (C=O) groups excluding carboxylic acids is 2. The van der Waals surface area contributed by atoms with Gasteiger partial charge >= 0.3 is 0 Å². The Morgan fingerprint density at radius 1 is 1.24 bits per heavy atom. The van der Waals surface area contributed by atoms with Gasteiger partial charge in [-0.25, -0.2) is 4.39 Å². The van der Waals surface area contributed by atoms with Gasteiger partial charge < -0.3 is 15.0 Å². The average Bonchev–Trinajstić information content (AvgIpc) is 3.17. The van der Waals surface area contributed by atoms with Crippen LogP contribution in [-0.2, 0) is 14.3 Å². The zero-order valence-corrected chi connectivity index (χ0v) is 14.4. The second-order valence-corrected chi connectivity index (χ2v) is 6.51. The van der Waals surface area contributed by atoms with Crippen molar-refractivity contribution in [1.29, 1.82) is 0 Å². The first-order valence-electron chi connectivity index (χ1n) is 8.76. The summed E-state index contributed by atoms with van der Waals surface area (Å²) in [5, 5.41) is 2.63. The van der Waals surface area contributed by atoms with E-state index >= 15 is 0 Å². The van der Waals surface area contributed by atoms with Gasteiger partial charge in [0, 0.05) is 32.8 Å². The van der Waals surface area contributed by atoms with E-state index in [0.29, 0.717) is 32.8 Å². The van der Waals surface area contributed by atoms with Crippen LogP contribution in [0.2, 0.25) is 0 Å². The Hall–Kier alpha value is -1.99. The molecule has 2 unspecified atom stereocenters. The molecule has 2 aliphatic rings. The third-order valence-electron chi connectivity index (χ3n) is 4.89. The van der Waals surface area contributed by atoms with Crippen molar-refractivity contribution in [1.82, 2.24) is 9.80 Å². The predicted octanol–water partition coefficient (Wildman–Crippen LogP) is 1.48. The Morgan fingerprint density at radius 2 is 1.96 bits per heavy atom. The molecule has 0 spiro atoms. The van der Waals surface area contributed by atoms with Gasteiger partial charge in [-0.2, -0.15) is 0 Å². The summed E-state index contributed by atoms with van der Waals surface area (Å²) in [6.07, 6.45) is 1.43. The molecular formula is C18H24FN3O3. The van der Waals surface area contributed by atoms with Crippen molar-refractivity contribution in [2.45, 2.75) is 31.9 Å². The highest BCUT2D eigenvalue weighted by Crippen LogP contribution is 2.17. The molecular weight excluding hydrogens is 325 g/mol. The van der Waals surface area contributed by atoms with Crippen molar-refractivity contribution in [3.05, 3.63) is 30.1 Å². The maximum absolute atomic E-state index is 13.7. The topological polar surface area (TPSA) is 61.9 Å². The molecule has 0 bridgehead atoms. The van der Waals surface area contributed by atoms with Gasteiger partial charge in [-0.05, 0) is 31.9 Å². The number of nitrogens with one attached hydrogen (secondary N) is 1. The molecule has 0 aliphatic carbocycles. The first kappa shape index (κ1) is 17.8. The van der Waals surface area contributed by atoms with Gasteiger partial charge in [0.05, 0.1) is 11.7 Å². The van der Waals surface area contributed by atoms with Crippen LogP contribution < -0.4 is 5.32 Å². The molecule has 3 rings (SSSR count). The number of anilines is 1. The summed E-state index contributed by atoms with van der Waals surface area (Å²) in [5.74, 6) is -0.639. The summed E-state index contributed by atoms with van der Waals surface area (Å²) in [6, 6.07) is 5.73. The molecule has 25 heavy (non-hydrogen) atoms. The van der Waals surface area contributed by atoms with Crippen LogP contribution in [0.25, 0.3) is 0 Å². The lowest BCUT2D eigenvalue weighted by atomic mass is 10.1. The van der Waals surface area contributed by atoms with Crippen LogP contribution in [0.1, 0.15) is 19.8 Å². The van der Waals surface area contributed by atoms with Gasteiger partial charge in [0.1, 0.15) is 11.9 Å². The highest BCUT2D eigenvalue weighted by Gasteiger charge is 2.32. The number of hydrogen-bond donors (Lipinski definition) is 1. The third kappa shape index (κ3) is 4.16. The van der Waals surface area contributed by atoms with E-state index in [1.165, 1.54) is 12.1 Å². The molecule has 1 aromatic rings. The number of nitrogens with zero attached hydrogens (tertiary/aromatic N) is 2. The number of carbonyl (C=O) groups is 2. The molecule has 2 saturated heterocycles. The maximum Gasteiger partial charge on any atom is 0.251 e. The number of benzene rings is 1. The standard InChI is InChI=1S/C18H24FN3O3/c1-13(17(23)20-15-6-3-2-5-14(15)19)21-8-10-22(11-9-21)18(24)16-7-4-12-25-16/h2-3,5-6,13,16H,4,7-12H2,1H3,(H,20,23). The van der Waals surface area contributed by atoms with E-state index in [0.717, 1.165) is 12.8 Å². The van der Waals surface area contributed by atoms with Gasteiger partial charge in [-0.1, -0.05) is 12.1 Å². The number of ether oxygens (including phenoxy) is 1. The van der Waals surface area contributed by atoms with Crippen LogP contribution >= 0.6 is 0 Å². The van der Waals surface area contributed by atoms with E-state index in [1.807, 2.05) is 9.80 Å². The number of amides is 2. The van der Waals surface area contributed by atoms with E-state index < -0.39 is 5.82 Å². The second-order valence-electron chi connectivity index (χ2n) is 6.51. The largest absolute Gasteiger partial charge is 0.368 e. The van der Waals surface area contributed by atoms with E-state index in [-0.39, 0.29) is 29.6 Å². The molecule has 0 saturated carbocycles. The maximum atomic E-state index is 13.7. The SMILES string of the molecule is CC(C(=O)Nc1ccccc1F)N1CCN(C(=O)C2CCCO2)CC1. The minimum Gasteiger partial charge on any atom is -0.368 e. The van der Waals surface area contributed by atoms with Crippen LogP contribution in [0.15, 0.2) is 24.3 Å². The number of hydrogen-bond acceptors (Lipinski definition) is 4. The first-order chi connectivity index (χ1) is 12.1. The van der Waals surface area contributed by atoms with Crippen LogP contribution in [-0.4, -0.2) is 66.5 Å². The van der Waals surface area contributed by atoms with Crippen LogP contribution in [0.4, 0.5) is 10.1 Å². The van der Waals surface area contributed by atoms with Gasteiger partial charge in [0.2, 0.25) is 5.91 Å². The van der Waals surface area contributed by atoms with Gasteiger partial charge in [0.15, 0.2) is 0 Å². The molecule has 2 heterocycles. The first-order valence-corrected chi connectivity index (χ1v) is 8.76. The monoisotopic (exact) mass is 349 g/mol. The molecule has 6 nitrogen and oxygen atoms in total. The summed E-state index contributed by atoms with van der Waals surface area (Å²) < 4.78 is 19.1. The van der Waals surface area contributed by atoms with E-state index in [2.05, 4.69) is 5.32 Å². The molecule has 2 atom stereocenters. The molecule has 2 aliphatic heterocycles. The Labute approximate surface area is 146 Å². The van der Waals surface area contributed by atoms with Crippen molar-refractivity contribution in [3.8, 4) is 0 Å². The predicted molar refractivity (Wildman–Crippen MR) is 91.6 cm³/mol. The second kappa shape index (κ2) is 7.93.